The number of aryl methyl sites for hydroxylation is 1. The van der Waals surface area contributed by atoms with E-state index in [9.17, 15) is 4.39 Å². The molecule has 128 valence electrons. The third-order valence-electron chi connectivity index (χ3n) is 6.69. The average Bonchev–Trinajstić information content (AvgIpc) is 2.59. The van der Waals surface area contributed by atoms with Crippen LogP contribution in [0.3, 0.4) is 0 Å². The highest BCUT2D eigenvalue weighted by Crippen LogP contribution is 2.43. The minimum Gasteiger partial charge on any atom is -0.207 e. The topological polar surface area (TPSA) is 0 Å². The zero-order valence-corrected chi connectivity index (χ0v) is 16.1. The largest absolute Gasteiger partial charge is 0.207 e. The molecule has 2 heteroatoms. The van der Waals surface area contributed by atoms with Crippen LogP contribution in [0.15, 0.2) is 18.2 Å². The fraction of sp³-hybridized carbons (Fsp3) is 0.714. The Morgan fingerprint density at radius 1 is 1.04 bits per heavy atom. The summed E-state index contributed by atoms with van der Waals surface area (Å²) in [6.45, 7) is 4.19. The Balaban J connectivity index is 1.50. The first-order valence-electron chi connectivity index (χ1n) is 9.93. The van der Waals surface area contributed by atoms with Gasteiger partial charge in [-0.3, -0.25) is 0 Å². The summed E-state index contributed by atoms with van der Waals surface area (Å²) < 4.78 is 13.8. The lowest BCUT2D eigenvalue weighted by Gasteiger charge is -2.37. The molecule has 2 aliphatic rings. The van der Waals surface area contributed by atoms with Crippen LogP contribution in [0.5, 0.6) is 0 Å². The van der Waals surface area contributed by atoms with Gasteiger partial charge in [0.15, 0.2) is 0 Å². The molecule has 1 saturated heterocycles. The zero-order chi connectivity index (χ0) is 16.2. The third-order valence-corrected chi connectivity index (χ3v) is 10.8. The minimum absolute atomic E-state index is 0.0175. The van der Waals surface area contributed by atoms with Crippen LogP contribution < -0.4 is 0 Å². The Hall–Kier alpha value is -0.633. The molecule has 2 fully saturated rings. The molecule has 1 heterocycles. The molecule has 1 aromatic rings. The van der Waals surface area contributed by atoms with Gasteiger partial charge < -0.3 is 0 Å². The maximum atomic E-state index is 13.8. The summed E-state index contributed by atoms with van der Waals surface area (Å²) >= 11 is 0. The standard InChI is InChI=1S/C21H33FSi/c1-3-4-17-6-9-20(10-7-17)23-13-11-18(12-14-23)19-8-5-16(2)21(22)15-19/h5,8,15,17-18,20,23H,3-4,6-7,9-14H2,1-2H3. The van der Waals surface area contributed by atoms with Gasteiger partial charge in [0.05, 0.1) is 0 Å². The van der Waals surface area contributed by atoms with Crippen molar-refractivity contribution in [3.63, 3.8) is 0 Å². The molecule has 1 saturated carbocycles. The van der Waals surface area contributed by atoms with Crippen LogP contribution in [-0.4, -0.2) is 8.80 Å². The van der Waals surface area contributed by atoms with Gasteiger partial charge in [-0.15, -0.1) is 0 Å². The molecule has 1 aliphatic heterocycles. The molecule has 1 aromatic carbocycles. The minimum atomic E-state index is -0.533. The molecular formula is C21H33FSi. The van der Waals surface area contributed by atoms with Crippen molar-refractivity contribution >= 4 is 8.80 Å². The molecule has 3 rings (SSSR count). The molecule has 0 N–H and O–H groups in total. The van der Waals surface area contributed by atoms with E-state index in [1.807, 2.05) is 13.0 Å². The predicted octanol–water partition coefficient (Wildman–Crippen LogP) is 6.60. The smallest absolute Gasteiger partial charge is 0.126 e. The molecule has 0 unspecified atom stereocenters. The summed E-state index contributed by atoms with van der Waals surface area (Å²) in [6.07, 6.45) is 11.6. The van der Waals surface area contributed by atoms with Gasteiger partial charge in [0.2, 0.25) is 0 Å². The second kappa shape index (κ2) is 7.96. The first-order valence-corrected chi connectivity index (χ1v) is 12.2. The lowest BCUT2D eigenvalue weighted by atomic mass is 9.86. The second-order valence-corrected chi connectivity index (χ2v) is 11.8. The van der Waals surface area contributed by atoms with Gasteiger partial charge in [0.1, 0.15) is 5.82 Å². The van der Waals surface area contributed by atoms with E-state index in [-0.39, 0.29) is 5.82 Å². The fourth-order valence-corrected chi connectivity index (χ4v) is 9.36. The van der Waals surface area contributed by atoms with E-state index < -0.39 is 8.80 Å². The fourth-order valence-electron chi connectivity index (χ4n) is 5.14. The van der Waals surface area contributed by atoms with Gasteiger partial charge in [-0.25, -0.2) is 4.39 Å². The van der Waals surface area contributed by atoms with E-state index in [4.69, 9.17) is 0 Å². The Bertz CT molecular complexity index is 497. The number of hydrogen-bond acceptors (Lipinski definition) is 0. The number of rotatable bonds is 4. The van der Waals surface area contributed by atoms with Crippen molar-refractivity contribution in [2.24, 2.45) is 5.92 Å². The molecule has 0 amide bonds. The molecule has 0 aromatic heterocycles. The molecule has 0 spiro atoms. The van der Waals surface area contributed by atoms with Crippen molar-refractivity contribution in [3.8, 4) is 0 Å². The first kappa shape index (κ1) is 17.2. The SMILES string of the molecule is CCCC1CCC([SiH]2CCC(c3ccc(C)c(F)c3)CC2)CC1. The number of benzene rings is 1. The van der Waals surface area contributed by atoms with Gasteiger partial charge in [0.25, 0.3) is 0 Å². The maximum Gasteiger partial charge on any atom is 0.126 e. The first-order chi connectivity index (χ1) is 11.2. The maximum absolute atomic E-state index is 13.8. The second-order valence-electron chi connectivity index (χ2n) is 8.19. The normalized spacial score (nSPS) is 32.0. The van der Waals surface area contributed by atoms with Crippen LogP contribution in [0.2, 0.25) is 17.6 Å². The van der Waals surface area contributed by atoms with Crippen LogP contribution >= 0.6 is 0 Å². The summed E-state index contributed by atoms with van der Waals surface area (Å²) in [5, 5.41) is 0. The van der Waals surface area contributed by atoms with Crippen molar-refractivity contribution in [1.82, 2.24) is 0 Å². The highest BCUT2D eigenvalue weighted by atomic mass is 28.3. The molecule has 0 atom stereocenters. The summed E-state index contributed by atoms with van der Waals surface area (Å²) in [5.74, 6) is 1.65. The Labute approximate surface area is 143 Å². The Kier molecular flexibility index (Phi) is 5.95. The molecule has 1 aliphatic carbocycles. The Morgan fingerprint density at radius 2 is 1.74 bits per heavy atom. The lowest BCUT2D eigenvalue weighted by molar-refractivity contribution is 0.332. The number of hydrogen-bond donors (Lipinski definition) is 0. The quantitative estimate of drug-likeness (QED) is 0.545. The van der Waals surface area contributed by atoms with Crippen LogP contribution in [0.4, 0.5) is 4.39 Å². The summed E-state index contributed by atoms with van der Waals surface area (Å²) in [6, 6.07) is 8.94. The van der Waals surface area contributed by atoms with Crippen LogP contribution in [-0.2, 0) is 0 Å². The molecule has 23 heavy (non-hydrogen) atoms. The average molecular weight is 333 g/mol. The number of halogens is 1. The molecule has 0 radical (unpaired) electrons. The van der Waals surface area contributed by atoms with Gasteiger partial charge in [-0.1, -0.05) is 69.7 Å². The van der Waals surface area contributed by atoms with Crippen molar-refractivity contribution in [2.45, 2.75) is 88.8 Å². The van der Waals surface area contributed by atoms with Crippen LogP contribution in [0, 0.1) is 18.7 Å². The van der Waals surface area contributed by atoms with E-state index >= 15 is 0 Å². The summed E-state index contributed by atoms with van der Waals surface area (Å²) in [4.78, 5) is 0. The lowest BCUT2D eigenvalue weighted by Crippen LogP contribution is -2.29. The molecule has 0 nitrogen and oxygen atoms in total. The van der Waals surface area contributed by atoms with Crippen molar-refractivity contribution in [3.05, 3.63) is 35.1 Å². The summed E-state index contributed by atoms with van der Waals surface area (Å²) in [5.41, 5.74) is 3.16. The van der Waals surface area contributed by atoms with Gasteiger partial charge in [-0.2, -0.15) is 0 Å². The van der Waals surface area contributed by atoms with Gasteiger partial charge in [0, 0.05) is 8.80 Å². The van der Waals surface area contributed by atoms with E-state index in [1.165, 1.54) is 69.0 Å². The van der Waals surface area contributed by atoms with Crippen LogP contribution in [0.25, 0.3) is 0 Å². The third kappa shape index (κ3) is 4.26. The van der Waals surface area contributed by atoms with Gasteiger partial charge in [-0.05, 0) is 54.3 Å². The highest BCUT2D eigenvalue weighted by molar-refractivity contribution is 6.60. The zero-order valence-electron chi connectivity index (χ0n) is 15.0. The van der Waals surface area contributed by atoms with Gasteiger partial charge >= 0.3 is 0 Å². The van der Waals surface area contributed by atoms with E-state index in [0.717, 1.165) is 17.0 Å². The Morgan fingerprint density at radius 3 is 2.35 bits per heavy atom. The van der Waals surface area contributed by atoms with E-state index in [1.54, 1.807) is 6.07 Å². The monoisotopic (exact) mass is 332 g/mol. The van der Waals surface area contributed by atoms with Crippen molar-refractivity contribution < 1.29 is 4.39 Å². The van der Waals surface area contributed by atoms with Crippen molar-refractivity contribution in [1.29, 1.82) is 0 Å². The highest BCUT2D eigenvalue weighted by Gasteiger charge is 2.32. The van der Waals surface area contributed by atoms with Crippen molar-refractivity contribution in [2.75, 3.05) is 0 Å². The molecular weight excluding hydrogens is 299 g/mol. The van der Waals surface area contributed by atoms with E-state index in [2.05, 4.69) is 13.0 Å². The van der Waals surface area contributed by atoms with Crippen LogP contribution in [0.1, 0.15) is 75.3 Å². The molecule has 0 bridgehead atoms. The van der Waals surface area contributed by atoms with E-state index in [0.29, 0.717) is 5.92 Å². The predicted molar refractivity (Wildman–Crippen MR) is 100 cm³/mol. The summed E-state index contributed by atoms with van der Waals surface area (Å²) in [7, 11) is -0.533.